The Hall–Kier alpha value is -1.22. The molecular weight excluding hydrogens is 287 g/mol. The number of nitriles is 1. The van der Waals surface area contributed by atoms with Gasteiger partial charge in [0.1, 0.15) is 5.75 Å². The zero-order valence-corrected chi connectivity index (χ0v) is 9.82. The number of alkyl halides is 4. The zero-order valence-electron chi connectivity index (χ0n) is 8.23. The van der Waals surface area contributed by atoms with E-state index in [1.165, 1.54) is 13.2 Å². The maximum Gasteiger partial charge on any atom is 0.416 e. The summed E-state index contributed by atoms with van der Waals surface area (Å²) in [6.45, 7) is 0. The van der Waals surface area contributed by atoms with Gasteiger partial charge in [-0.1, -0.05) is 15.9 Å². The monoisotopic (exact) mass is 293 g/mol. The molecule has 0 radical (unpaired) electrons. The molecule has 0 saturated heterocycles. The van der Waals surface area contributed by atoms with E-state index in [4.69, 9.17) is 10.00 Å². The average molecular weight is 294 g/mol. The minimum absolute atomic E-state index is 0.00556. The molecule has 86 valence electrons. The average Bonchev–Trinajstić information content (AvgIpc) is 2.25. The van der Waals surface area contributed by atoms with Crippen LogP contribution in [0.5, 0.6) is 5.75 Å². The highest BCUT2D eigenvalue weighted by molar-refractivity contribution is 9.08. The molecule has 0 aromatic heterocycles. The molecule has 1 rings (SSSR count). The van der Waals surface area contributed by atoms with Gasteiger partial charge < -0.3 is 4.74 Å². The second-order valence-corrected chi connectivity index (χ2v) is 3.51. The number of benzene rings is 1. The Balaban J connectivity index is 3.51. The van der Waals surface area contributed by atoms with Crippen molar-refractivity contribution in [3.05, 3.63) is 28.8 Å². The Morgan fingerprint density at radius 2 is 2.06 bits per heavy atom. The predicted molar refractivity (Wildman–Crippen MR) is 55.3 cm³/mol. The molecule has 0 bridgehead atoms. The summed E-state index contributed by atoms with van der Waals surface area (Å²) < 4.78 is 42.9. The Bertz CT molecular complexity index is 437. The van der Waals surface area contributed by atoms with Gasteiger partial charge in [0.2, 0.25) is 0 Å². The smallest absolute Gasteiger partial charge is 0.416 e. The van der Waals surface area contributed by atoms with Gasteiger partial charge in [-0.3, -0.25) is 0 Å². The van der Waals surface area contributed by atoms with E-state index < -0.39 is 11.7 Å². The van der Waals surface area contributed by atoms with Crippen molar-refractivity contribution < 1.29 is 17.9 Å². The number of nitrogens with zero attached hydrogens (tertiary/aromatic N) is 1. The maximum atomic E-state index is 12.7. The van der Waals surface area contributed by atoms with Crippen molar-refractivity contribution >= 4 is 15.9 Å². The van der Waals surface area contributed by atoms with Gasteiger partial charge in [0.05, 0.1) is 24.3 Å². The lowest BCUT2D eigenvalue weighted by Crippen LogP contribution is -2.10. The Labute approximate surface area is 98.8 Å². The molecule has 0 N–H and O–H groups in total. The van der Waals surface area contributed by atoms with E-state index in [-0.39, 0.29) is 22.2 Å². The lowest BCUT2D eigenvalue weighted by molar-refractivity contribution is -0.138. The van der Waals surface area contributed by atoms with Gasteiger partial charge in [0.25, 0.3) is 0 Å². The van der Waals surface area contributed by atoms with E-state index >= 15 is 0 Å². The van der Waals surface area contributed by atoms with Crippen LogP contribution in [0.3, 0.4) is 0 Å². The molecule has 0 spiro atoms. The number of methoxy groups -OCH3 is 1. The quantitative estimate of drug-likeness (QED) is 0.782. The van der Waals surface area contributed by atoms with Crippen LogP contribution in [-0.2, 0) is 11.5 Å². The molecule has 0 atom stereocenters. The van der Waals surface area contributed by atoms with Crippen LogP contribution in [0.4, 0.5) is 13.2 Å². The number of hydrogen-bond donors (Lipinski definition) is 0. The number of ether oxygens (including phenoxy) is 1. The molecule has 0 aliphatic heterocycles. The van der Waals surface area contributed by atoms with E-state index in [1.54, 1.807) is 6.07 Å². The molecule has 2 nitrogen and oxygen atoms in total. The molecule has 0 unspecified atom stereocenters. The van der Waals surface area contributed by atoms with Gasteiger partial charge in [0, 0.05) is 10.9 Å². The topological polar surface area (TPSA) is 33.0 Å². The van der Waals surface area contributed by atoms with Crippen molar-refractivity contribution in [2.45, 2.75) is 11.5 Å². The van der Waals surface area contributed by atoms with Gasteiger partial charge in [-0.15, -0.1) is 0 Å². The molecule has 0 fully saturated rings. The van der Waals surface area contributed by atoms with Crippen molar-refractivity contribution in [2.24, 2.45) is 0 Å². The molecule has 0 amide bonds. The van der Waals surface area contributed by atoms with Crippen LogP contribution in [0.15, 0.2) is 12.1 Å². The first-order valence-electron chi connectivity index (χ1n) is 4.18. The fraction of sp³-hybridized carbons (Fsp3) is 0.300. The summed E-state index contributed by atoms with van der Waals surface area (Å²) in [5, 5.41) is 8.64. The van der Waals surface area contributed by atoms with Crippen molar-refractivity contribution in [1.82, 2.24) is 0 Å². The standard InChI is InChI=1S/C10H7BrF3NO/c1-16-9-3-6(5-15)2-8(7(9)4-11)10(12,13)14/h2-3H,4H2,1H3. The van der Waals surface area contributed by atoms with Gasteiger partial charge in [-0.05, 0) is 12.1 Å². The highest BCUT2D eigenvalue weighted by atomic mass is 79.9. The van der Waals surface area contributed by atoms with Gasteiger partial charge in [-0.25, -0.2) is 0 Å². The normalized spacial score (nSPS) is 11.0. The molecule has 0 aliphatic carbocycles. The largest absolute Gasteiger partial charge is 0.496 e. The summed E-state index contributed by atoms with van der Waals surface area (Å²) >= 11 is 2.98. The number of rotatable bonds is 2. The first kappa shape index (κ1) is 12.8. The minimum atomic E-state index is -4.50. The SMILES string of the molecule is COc1cc(C#N)cc(C(F)(F)F)c1CBr. The van der Waals surface area contributed by atoms with Crippen LogP contribution in [0.2, 0.25) is 0 Å². The van der Waals surface area contributed by atoms with Crippen LogP contribution in [0, 0.1) is 11.3 Å². The van der Waals surface area contributed by atoms with Crippen LogP contribution in [0.25, 0.3) is 0 Å². The maximum absolute atomic E-state index is 12.7. The molecular formula is C10H7BrF3NO. The van der Waals surface area contributed by atoms with Crippen LogP contribution in [0.1, 0.15) is 16.7 Å². The van der Waals surface area contributed by atoms with E-state index in [0.717, 1.165) is 6.07 Å². The van der Waals surface area contributed by atoms with Crippen molar-refractivity contribution in [1.29, 1.82) is 5.26 Å². The Morgan fingerprint density at radius 3 is 2.44 bits per heavy atom. The molecule has 0 saturated carbocycles. The van der Waals surface area contributed by atoms with Crippen LogP contribution >= 0.6 is 15.9 Å². The fourth-order valence-electron chi connectivity index (χ4n) is 1.28. The van der Waals surface area contributed by atoms with E-state index in [9.17, 15) is 13.2 Å². The summed E-state index contributed by atoms with van der Waals surface area (Å²) in [6, 6.07) is 3.77. The summed E-state index contributed by atoms with van der Waals surface area (Å²) in [7, 11) is 1.27. The molecule has 16 heavy (non-hydrogen) atoms. The van der Waals surface area contributed by atoms with E-state index in [0.29, 0.717) is 0 Å². The molecule has 0 heterocycles. The molecule has 1 aromatic rings. The first-order valence-corrected chi connectivity index (χ1v) is 5.30. The number of halogens is 4. The van der Waals surface area contributed by atoms with Crippen molar-refractivity contribution in [3.63, 3.8) is 0 Å². The van der Waals surface area contributed by atoms with Crippen LogP contribution < -0.4 is 4.74 Å². The van der Waals surface area contributed by atoms with Gasteiger partial charge in [-0.2, -0.15) is 18.4 Å². The summed E-state index contributed by atoms with van der Waals surface area (Å²) in [5.74, 6) is 0.0586. The van der Waals surface area contributed by atoms with Crippen molar-refractivity contribution in [3.8, 4) is 11.8 Å². The second-order valence-electron chi connectivity index (χ2n) is 2.95. The fourth-order valence-corrected chi connectivity index (χ4v) is 1.86. The summed E-state index contributed by atoms with van der Waals surface area (Å²) in [5.41, 5.74) is -0.928. The Morgan fingerprint density at radius 1 is 1.44 bits per heavy atom. The van der Waals surface area contributed by atoms with Crippen LogP contribution in [-0.4, -0.2) is 7.11 Å². The lowest BCUT2D eigenvalue weighted by Gasteiger charge is -2.15. The lowest BCUT2D eigenvalue weighted by atomic mass is 10.0. The molecule has 0 aliphatic rings. The third kappa shape index (κ3) is 2.47. The Kier molecular flexibility index (Phi) is 3.81. The summed E-state index contributed by atoms with van der Waals surface area (Å²) in [4.78, 5) is 0. The highest BCUT2D eigenvalue weighted by Crippen LogP contribution is 2.38. The third-order valence-corrected chi connectivity index (χ3v) is 2.56. The molecule has 6 heteroatoms. The second kappa shape index (κ2) is 4.74. The zero-order chi connectivity index (χ0) is 12.3. The van der Waals surface area contributed by atoms with Crippen molar-refractivity contribution in [2.75, 3.05) is 7.11 Å². The third-order valence-electron chi connectivity index (χ3n) is 2.00. The van der Waals surface area contributed by atoms with E-state index in [2.05, 4.69) is 15.9 Å². The highest BCUT2D eigenvalue weighted by Gasteiger charge is 2.35. The number of hydrogen-bond acceptors (Lipinski definition) is 2. The van der Waals surface area contributed by atoms with Gasteiger partial charge in [0.15, 0.2) is 0 Å². The van der Waals surface area contributed by atoms with Gasteiger partial charge >= 0.3 is 6.18 Å². The summed E-state index contributed by atoms with van der Waals surface area (Å²) in [6.07, 6.45) is -4.50. The predicted octanol–water partition coefficient (Wildman–Crippen LogP) is 3.48. The first-order chi connectivity index (χ1) is 7.43. The minimum Gasteiger partial charge on any atom is -0.496 e. The van der Waals surface area contributed by atoms with E-state index in [1.807, 2.05) is 0 Å². The molecule has 1 aromatic carbocycles.